The average Bonchev–Trinajstić information content (AvgIpc) is 3.55. The molecule has 0 spiro atoms. The van der Waals surface area contributed by atoms with Gasteiger partial charge in [-0.25, -0.2) is 4.79 Å². The number of hydrogen-bond donors (Lipinski definition) is 4. The van der Waals surface area contributed by atoms with Gasteiger partial charge in [0.15, 0.2) is 0 Å². The first-order chi connectivity index (χ1) is 16.7. The average molecular weight is 549 g/mol. The minimum atomic E-state index is -1.18. The van der Waals surface area contributed by atoms with Gasteiger partial charge >= 0.3 is 5.97 Å². The molecule has 2 aliphatic rings. The minimum Gasteiger partial charge on any atom is -0.496 e. The molecule has 4 rings (SSSR count). The number of nitrogens with zero attached hydrogens (tertiary/aromatic N) is 1. The maximum Gasteiger partial charge on any atom is 0.352 e. The highest BCUT2D eigenvalue weighted by Crippen LogP contribution is 2.41. The number of carboxylic acids is 1. The number of ether oxygens (including phenoxy) is 1. The predicted octanol–water partition coefficient (Wildman–Crippen LogP) is 2.34. The predicted molar refractivity (Wildman–Crippen MR) is 131 cm³/mol. The Labute approximate surface area is 210 Å². The van der Waals surface area contributed by atoms with E-state index >= 15 is 0 Å². The van der Waals surface area contributed by atoms with Gasteiger partial charge in [0.05, 0.1) is 12.6 Å². The third-order valence-corrected chi connectivity index (χ3v) is 7.23. The number of primary amides is 1. The topological polar surface area (TPSA) is 153 Å². The number of benzene rings is 1. The molecule has 1 aromatic carbocycles. The third kappa shape index (κ3) is 5.44. The minimum absolute atomic E-state index is 0.0560. The SMILES string of the molecule is COc1cc(Br)cc2c1cc(C(=O)O)n2[C@@H](CC1CC1)C(=O)N[C@@H](C[C@@H]1CCCNC1=O)C(N)=O. The number of halogens is 1. The number of methoxy groups -OCH3 is 1. The standard InChI is InChI=1S/C24H29BrN4O6/c1-35-20-10-14(25)9-17-15(20)11-19(24(33)34)29(17)18(7-12-4-5-12)23(32)28-16(21(26)30)8-13-3-2-6-27-22(13)31/h9-13,16,18H,2-8H2,1H3,(H2,26,30)(H,27,31)(H,28,32)(H,33,34)/t13-,16-,18-/m0/s1. The number of fused-ring (bicyclic) bond motifs is 1. The van der Waals surface area contributed by atoms with Crippen LogP contribution in [0.3, 0.4) is 0 Å². The number of nitrogens with two attached hydrogens (primary N) is 1. The molecular weight excluding hydrogens is 520 g/mol. The second-order valence-electron chi connectivity index (χ2n) is 9.27. The van der Waals surface area contributed by atoms with Gasteiger partial charge < -0.3 is 30.8 Å². The first kappa shape index (κ1) is 25.0. The van der Waals surface area contributed by atoms with Crippen LogP contribution in [0.1, 0.15) is 55.1 Å². The maximum absolute atomic E-state index is 13.6. The Morgan fingerprint density at radius 1 is 1.26 bits per heavy atom. The fourth-order valence-electron chi connectivity index (χ4n) is 4.79. The molecule has 1 aliphatic carbocycles. The van der Waals surface area contributed by atoms with Gasteiger partial charge in [0, 0.05) is 22.3 Å². The molecule has 188 valence electrons. The zero-order valence-corrected chi connectivity index (χ0v) is 21.0. The van der Waals surface area contributed by atoms with Crippen LogP contribution in [0.4, 0.5) is 0 Å². The lowest BCUT2D eigenvalue weighted by Crippen LogP contribution is -2.50. The Morgan fingerprint density at radius 3 is 2.60 bits per heavy atom. The quantitative estimate of drug-likeness (QED) is 0.357. The summed E-state index contributed by atoms with van der Waals surface area (Å²) in [5.74, 6) is -2.26. The summed E-state index contributed by atoms with van der Waals surface area (Å²) in [6.07, 6.45) is 3.80. The fraction of sp³-hybridized carbons (Fsp3) is 0.500. The molecule has 1 aromatic heterocycles. The van der Waals surface area contributed by atoms with E-state index in [1.165, 1.54) is 17.7 Å². The van der Waals surface area contributed by atoms with Gasteiger partial charge in [0.1, 0.15) is 23.5 Å². The van der Waals surface area contributed by atoms with E-state index in [0.29, 0.717) is 40.5 Å². The van der Waals surface area contributed by atoms with Crippen LogP contribution < -0.4 is 21.1 Å². The van der Waals surface area contributed by atoms with Crippen molar-refractivity contribution in [3.63, 3.8) is 0 Å². The number of aromatic nitrogens is 1. The van der Waals surface area contributed by atoms with Crippen molar-refractivity contribution < 1.29 is 29.0 Å². The van der Waals surface area contributed by atoms with Gasteiger partial charge in [-0.3, -0.25) is 14.4 Å². The van der Waals surface area contributed by atoms with E-state index in [9.17, 15) is 24.3 Å². The molecule has 1 saturated heterocycles. The van der Waals surface area contributed by atoms with Crippen LogP contribution in [-0.2, 0) is 14.4 Å². The van der Waals surface area contributed by atoms with Gasteiger partial charge in [0.25, 0.3) is 0 Å². The molecule has 0 unspecified atom stereocenters. The van der Waals surface area contributed by atoms with E-state index in [-0.39, 0.29) is 23.9 Å². The molecule has 3 atom stereocenters. The van der Waals surface area contributed by atoms with E-state index in [2.05, 4.69) is 26.6 Å². The Balaban J connectivity index is 1.71. The molecule has 1 aliphatic heterocycles. The van der Waals surface area contributed by atoms with Crippen molar-refractivity contribution in [2.75, 3.05) is 13.7 Å². The normalized spacial score (nSPS) is 19.6. The summed E-state index contributed by atoms with van der Waals surface area (Å²) in [5, 5.41) is 16.0. The highest BCUT2D eigenvalue weighted by atomic mass is 79.9. The summed E-state index contributed by atoms with van der Waals surface area (Å²) >= 11 is 3.43. The lowest BCUT2D eigenvalue weighted by atomic mass is 9.91. The molecule has 0 radical (unpaired) electrons. The van der Waals surface area contributed by atoms with E-state index in [4.69, 9.17) is 10.5 Å². The molecule has 2 fully saturated rings. The van der Waals surface area contributed by atoms with Crippen molar-refractivity contribution >= 4 is 50.5 Å². The summed E-state index contributed by atoms with van der Waals surface area (Å²) in [6, 6.07) is 3.04. The van der Waals surface area contributed by atoms with Crippen LogP contribution in [0.5, 0.6) is 5.75 Å². The number of aromatic carboxylic acids is 1. The molecule has 10 nitrogen and oxygen atoms in total. The Kier molecular flexibility index (Phi) is 7.34. The first-order valence-electron chi connectivity index (χ1n) is 11.7. The number of hydrogen-bond acceptors (Lipinski definition) is 5. The third-order valence-electron chi connectivity index (χ3n) is 6.77. The molecule has 2 heterocycles. The summed E-state index contributed by atoms with van der Waals surface area (Å²) in [6.45, 7) is 0.587. The van der Waals surface area contributed by atoms with Crippen molar-refractivity contribution in [3.8, 4) is 5.75 Å². The zero-order chi connectivity index (χ0) is 25.3. The van der Waals surface area contributed by atoms with Crippen LogP contribution in [-0.4, -0.2) is 53.1 Å². The van der Waals surface area contributed by atoms with E-state index in [1.807, 2.05) is 0 Å². The fourth-order valence-corrected chi connectivity index (χ4v) is 5.21. The Hall–Kier alpha value is -3.08. The largest absolute Gasteiger partial charge is 0.496 e. The number of carbonyl (C=O) groups is 4. The van der Waals surface area contributed by atoms with Crippen molar-refractivity contribution in [2.24, 2.45) is 17.6 Å². The summed E-state index contributed by atoms with van der Waals surface area (Å²) in [5.41, 5.74) is 6.07. The van der Waals surface area contributed by atoms with Crippen molar-refractivity contribution in [2.45, 2.75) is 50.6 Å². The molecule has 2 aromatic rings. The van der Waals surface area contributed by atoms with Gasteiger partial charge in [-0.15, -0.1) is 0 Å². The molecular formula is C24H29BrN4O6. The van der Waals surface area contributed by atoms with Gasteiger partial charge in [-0.1, -0.05) is 28.8 Å². The number of carboxylic acid groups (broad SMARTS) is 1. The van der Waals surface area contributed by atoms with Crippen molar-refractivity contribution in [3.05, 3.63) is 28.4 Å². The zero-order valence-electron chi connectivity index (χ0n) is 19.4. The van der Waals surface area contributed by atoms with Crippen LogP contribution in [0.25, 0.3) is 10.9 Å². The second kappa shape index (κ2) is 10.3. The molecule has 0 bridgehead atoms. The number of rotatable bonds is 10. The lowest BCUT2D eigenvalue weighted by molar-refractivity contribution is -0.132. The number of amides is 3. The summed E-state index contributed by atoms with van der Waals surface area (Å²) in [4.78, 5) is 50.3. The van der Waals surface area contributed by atoms with E-state index in [0.717, 1.165) is 19.3 Å². The van der Waals surface area contributed by atoms with Gasteiger partial charge in [-0.2, -0.15) is 0 Å². The van der Waals surface area contributed by atoms with Crippen molar-refractivity contribution in [1.82, 2.24) is 15.2 Å². The summed E-state index contributed by atoms with van der Waals surface area (Å²) in [7, 11) is 1.49. The van der Waals surface area contributed by atoms with Crippen LogP contribution >= 0.6 is 15.9 Å². The maximum atomic E-state index is 13.6. The monoisotopic (exact) mass is 548 g/mol. The van der Waals surface area contributed by atoms with Crippen molar-refractivity contribution in [1.29, 1.82) is 0 Å². The highest BCUT2D eigenvalue weighted by molar-refractivity contribution is 9.10. The smallest absolute Gasteiger partial charge is 0.352 e. The molecule has 11 heteroatoms. The van der Waals surface area contributed by atoms with E-state index in [1.54, 1.807) is 12.1 Å². The van der Waals surface area contributed by atoms with Crippen LogP contribution in [0.2, 0.25) is 0 Å². The number of nitrogens with one attached hydrogen (secondary N) is 2. The van der Waals surface area contributed by atoms with Crippen LogP contribution in [0, 0.1) is 11.8 Å². The Morgan fingerprint density at radius 2 is 2.00 bits per heavy atom. The number of piperidine rings is 1. The van der Waals surface area contributed by atoms with Gasteiger partial charge in [-0.05, 0) is 49.8 Å². The summed E-state index contributed by atoms with van der Waals surface area (Å²) < 4.78 is 7.62. The number of carbonyl (C=O) groups excluding carboxylic acids is 3. The molecule has 5 N–H and O–H groups in total. The second-order valence-corrected chi connectivity index (χ2v) is 10.2. The highest BCUT2D eigenvalue weighted by Gasteiger charge is 2.36. The van der Waals surface area contributed by atoms with Gasteiger partial charge in [0.2, 0.25) is 17.7 Å². The molecule has 1 saturated carbocycles. The van der Waals surface area contributed by atoms with E-state index < -0.39 is 35.8 Å². The Bertz CT molecular complexity index is 1170. The van der Waals surface area contributed by atoms with Crippen LogP contribution in [0.15, 0.2) is 22.7 Å². The molecule has 35 heavy (non-hydrogen) atoms. The first-order valence-corrected chi connectivity index (χ1v) is 12.5. The molecule has 3 amide bonds. The lowest BCUT2D eigenvalue weighted by Gasteiger charge is -2.27.